The first kappa shape index (κ1) is 24.1. The summed E-state index contributed by atoms with van der Waals surface area (Å²) >= 11 is 1.59. The molecule has 2 aromatic rings. The van der Waals surface area contributed by atoms with Gasteiger partial charge in [0.1, 0.15) is 6.54 Å². The number of carbonyl (C=O) groups is 3. The first-order valence-corrected chi connectivity index (χ1v) is 11.0. The molecule has 8 nitrogen and oxygen atoms in total. The molecule has 2 N–H and O–H groups in total. The van der Waals surface area contributed by atoms with Gasteiger partial charge in [-0.1, -0.05) is 0 Å². The van der Waals surface area contributed by atoms with Crippen LogP contribution in [0.2, 0.25) is 0 Å². The molecule has 0 fully saturated rings. The largest absolute Gasteiger partial charge is 0.490 e. The summed E-state index contributed by atoms with van der Waals surface area (Å²) in [7, 11) is 0. The molecule has 0 heterocycles. The number of amides is 2. The Bertz CT molecular complexity index is 901. The maximum absolute atomic E-state index is 12.3. The van der Waals surface area contributed by atoms with Gasteiger partial charge in [0.25, 0.3) is 11.8 Å². The Morgan fingerprint density at radius 3 is 2.26 bits per heavy atom. The number of nitrogens with one attached hydrogen (secondary N) is 2. The summed E-state index contributed by atoms with van der Waals surface area (Å²) in [5, 5.41) is 5.10. The van der Waals surface area contributed by atoms with Crippen molar-refractivity contribution in [1.82, 2.24) is 5.32 Å². The molecule has 0 aliphatic heterocycles. The van der Waals surface area contributed by atoms with Crippen LogP contribution in [0, 0.1) is 0 Å². The molecule has 0 aliphatic rings. The van der Waals surface area contributed by atoms with E-state index in [0.29, 0.717) is 36.0 Å². The number of hydrogen-bond acceptors (Lipinski definition) is 7. The van der Waals surface area contributed by atoms with E-state index in [9.17, 15) is 14.4 Å². The van der Waals surface area contributed by atoms with E-state index >= 15 is 0 Å². The van der Waals surface area contributed by atoms with Crippen LogP contribution in [0.25, 0.3) is 0 Å². The van der Waals surface area contributed by atoms with Crippen LogP contribution in [0.15, 0.2) is 47.4 Å². The number of anilines is 1. The molecule has 0 unspecified atom stereocenters. The number of esters is 1. The van der Waals surface area contributed by atoms with Crippen molar-refractivity contribution >= 4 is 35.2 Å². The van der Waals surface area contributed by atoms with Crippen molar-refractivity contribution in [2.75, 3.05) is 37.9 Å². The van der Waals surface area contributed by atoms with Gasteiger partial charge >= 0.3 is 5.97 Å². The first-order valence-electron chi connectivity index (χ1n) is 9.74. The zero-order valence-corrected chi connectivity index (χ0v) is 18.5. The smallest absolute Gasteiger partial charge is 0.325 e. The van der Waals surface area contributed by atoms with E-state index < -0.39 is 24.4 Å². The summed E-state index contributed by atoms with van der Waals surface area (Å²) in [6, 6.07) is 12.0. The third-order valence-corrected chi connectivity index (χ3v) is 4.68. The minimum absolute atomic E-state index is 0.311. The normalized spacial score (nSPS) is 10.2. The van der Waals surface area contributed by atoms with Gasteiger partial charge in [0, 0.05) is 16.1 Å². The Hall–Kier alpha value is -3.20. The molecule has 31 heavy (non-hydrogen) atoms. The number of carbonyl (C=O) groups excluding carboxylic acids is 3. The molecule has 0 aliphatic carbocycles. The van der Waals surface area contributed by atoms with Crippen LogP contribution < -0.4 is 20.1 Å². The highest BCUT2D eigenvalue weighted by Gasteiger charge is 2.14. The third-order valence-electron chi connectivity index (χ3n) is 3.94. The van der Waals surface area contributed by atoms with E-state index in [0.717, 1.165) is 4.90 Å². The molecule has 0 radical (unpaired) electrons. The highest BCUT2D eigenvalue weighted by atomic mass is 32.2. The number of ether oxygens (including phenoxy) is 3. The highest BCUT2D eigenvalue weighted by molar-refractivity contribution is 7.98. The molecule has 0 spiro atoms. The van der Waals surface area contributed by atoms with Gasteiger partial charge < -0.3 is 24.8 Å². The second kappa shape index (κ2) is 12.5. The molecular weight excluding hydrogens is 420 g/mol. The molecule has 2 rings (SSSR count). The predicted octanol–water partition coefficient (Wildman–Crippen LogP) is 3.12. The lowest BCUT2D eigenvalue weighted by Crippen LogP contribution is -2.32. The van der Waals surface area contributed by atoms with E-state index in [1.54, 1.807) is 42.1 Å². The monoisotopic (exact) mass is 446 g/mol. The summed E-state index contributed by atoms with van der Waals surface area (Å²) in [6.07, 6.45) is 1.96. The van der Waals surface area contributed by atoms with Gasteiger partial charge in [0.05, 0.1) is 13.2 Å². The zero-order chi connectivity index (χ0) is 22.6. The fourth-order valence-corrected chi connectivity index (χ4v) is 2.92. The number of hydrogen-bond donors (Lipinski definition) is 2. The van der Waals surface area contributed by atoms with Gasteiger partial charge in [-0.15, -0.1) is 11.8 Å². The third kappa shape index (κ3) is 7.86. The lowest BCUT2D eigenvalue weighted by atomic mass is 10.2. The molecule has 0 atom stereocenters. The summed E-state index contributed by atoms with van der Waals surface area (Å²) in [5.41, 5.74) is 0.916. The van der Waals surface area contributed by atoms with Crippen molar-refractivity contribution in [2.45, 2.75) is 18.7 Å². The SMILES string of the molecule is CCOc1ccc(C(=O)NCC(=O)OCC(=O)Nc2ccc(SC)cc2)cc1OCC. The van der Waals surface area contributed by atoms with Crippen molar-refractivity contribution in [3.05, 3.63) is 48.0 Å². The Balaban J connectivity index is 1.80. The Morgan fingerprint density at radius 2 is 1.61 bits per heavy atom. The quantitative estimate of drug-likeness (QED) is 0.404. The minimum Gasteiger partial charge on any atom is -0.490 e. The Kier molecular flexibility index (Phi) is 9.70. The van der Waals surface area contributed by atoms with E-state index in [4.69, 9.17) is 14.2 Å². The van der Waals surface area contributed by atoms with Crippen LogP contribution in [0.4, 0.5) is 5.69 Å². The van der Waals surface area contributed by atoms with Gasteiger partial charge in [-0.2, -0.15) is 0 Å². The summed E-state index contributed by atoms with van der Waals surface area (Å²) < 4.78 is 15.9. The summed E-state index contributed by atoms with van der Waals surface area (Å²) in [5.74, 6) is -0.683. The standard InChI is InChI=1S/C22H26N2O6S/c1-4-28-18-11-6-15(12-19(18)29-5-2)22(27)23-13-21(26)30-14-20(25)24-16-7-9-17(31-3)10-8-16/h6-12H,4-5,13-14H2,1-3H3,(H,23,27)(H,24,25). The van der Waals surface area contributed by atoms with Crippen molar-refractivity contribution < 1.29 is 28.6 Å². The van der Waals surface area contributed by atoms with Gasteiger partial charge in [-0.25, -0.2) is 0 Å². The molecule has 2 amide bonds. The molecule has 9 heteroatoms. The van der Waals surface area contributed by atoms with Crippen LogP contribution in [-0.2, 0) is 14.3 Å². The summed E-state index contributed by atoms with van der Waals surface area (Å²) in [4.78, 5) is 37.2. The number of thioether (sulfide) groups is 1. The minimum atomic E-state index is -0.725. The molecule has 0 saturated carbocycles. The van der Waals surface area contributed by atoms with E-state index in [2.05, 4.69) is 10.6 Å². The summed E-state index contributed by atoms with van der Waals surface area (Å²) in [6.45, 7) is 3.75. The second-order valence-corrected chi connectivity index (χ2v) is 7.03. The molecule has 2 aromatic carbocycles. The van der Waals surface area contributed by atoms with Gasteiger partial charge in [-0.05, 0) is 62.6 Å². The van der Waals surface area contributed by atoms with E-state index in [1.807, 2.05) is 32.2 Å². The zero-order valence-electron chi connectivity index (χ0n) is 17.7. The van der Waals surface area contributed by atoms with Gasteiger partial charge in [-0.3, -0.25) is 14.4 Å². The predicted molar refractivity (Wildman–Crippen MR) is 119 cm³/mol. The fraction of sp³-hybridized carbons (Fsp3) is 0.318. The molecule has 0 aromatic heterocycles. The van der Waals surface area contributed by atoms with Crippen molar-refractivity contribution in [1.29, 1.82) is 0 Å². The lowest BCUT2D eigenvalue weighted by molar-refractivity contribution is -0.146. The van der Waals surface area contributed by atoms with E-state index in [1.165, 1.54) is 0 Å². The van der Waals surface area contributed by atoms with Crippen LogP contribution in [0.5, 0.6) is 11.5 Å². The fourth-order valence-electron chi connectivity index (χ4n) is 2.52. The number of benzene rings is 2. The first-order chi connectivity index (χ1) is 15.0. The van der Waals surface area contributed by atoms with Crippen molar-refractivity contribution in [2.24, 2.45) is 0 Å². The Labute approximate surface area is 185 Å². The van der Waals surface area contributed by atoms with Gasteiger partial charge in [0.15, 0.2) is 18.1 Å². The topological polar surface area (TPSA) is 103 Å². The maximum atomic E-state index is 12.3. The molecular formula is C22H26N2O6S. The molecule has 0 bridgehead atoms. The lowest BCUT2D eigenvalue weighted by Gasteiger charge is -2.12. The molecule has 0 saturated heterocycles. The highest BCUT2D eigenvalue weighted by Crippen LogP contribution is 2.28. The number of rotatable bonds is 11. The van der Waals surface area contributed by atoms with Crippen molar-refractivity contribution in [3.8, 4) is 11.5 Å². The molecule has 166 valence electrons. The van der Waals surface area contributed by atoms with Crippen molar-refractivity contribution in [3.63, 3.8) is 0 Å². The van der Waals surface area contributed by atoms with Crippen LogP contribution >= 0.6 is 11.8 Å². The maximum Gasteiger partial charge on any atom is 0.325 e. The average Bonchev–Trinajstić information content (AvgIpc) is 2.78. The van der Waals surface area contributed by atoms with E-state index in [-0.39, 0.29) is 6.54 Å². The van der Waals surface area contributed by atoms with Gasteiger partial charge in [0.2, 0.25) is 0 Å². The van der Waals surface area contributed by atoms with Crippen LogP contribution in [-0.4, -0.2) is 50.4 Å². The second-order valence-electron chi connectivity index (χ2n) is 6.15. The average molecular weight is 447 g/mol. The van der Waals surface area contributed by atoms with Crippen LogP contribution in [0.3, 0.4) is 0 Å². The van der Waals surface area contributed by atoms with Crippen LogP contribution in [0.1, 0.15) is 24.2 Å². The Morgan fingerprint density at radius 1 is 0.935 bits per heavy atom.